The van der Waals surface area contributed by atoms with Crippen LogP contribution in [0.2, 0.25) is 0 Å². The molecule has 6 heteroatoms. The monoisotopic (exact) mass is 324 g/mol. The van der Waals surface area contributed by atoms with Crippen molar-refractivity contribution in [3.63, 3.8) is 0 Å². The summed E-state index contributed by atoms with van der Waals surface area (Å²) in [7, 11) is -3.56. The van der Waals surface area contributed by atoms with Crippen molar-refractivity contribution in [1.29, 1.82) is 0 Å². The Morgan fingerprint density at radius 2 is 2.00 bits per heavy atom. The molecule has 0 amide bonds. The second-order valence-corrected chi connectivity index (χ2v) is 8.64. The van der Waals surface area contributed by atoms with E-state index in [1.807, 2.05) is 0 Å². The largest absolute Gasteiger partial charge is 0.386 e. The van der Waals surface area contributed by atoms with E-state index >= 15 is 0 Å². The zero-order chi connectivity index (χ0) is 13.3. The molecule has 0 aromatic heterocycles. The van der Waals surface area contributed by atoms with Crippen molar-refractivity contribution in [1.82, 2.24) is 0 Å². The van der Waals surface area contributed by atoms with Crippen molar-refractivity contribution < 1.29 is 17.9 Å². The second-order valence-electron chi connectivity index (χ2n) is 3.81. The van der Waals surface area contributed by atoms with Crippen LogP contribution < -0.4 is 0 Å². The molecule has 0 unspecified atom stereocenters. The molecule has 0 aliphatic heterocycles. The van der Waals surface area contributed by atoms with Gasteiger partial charge in [0.05, 0.1) is 0 Å². The minimum Gasteiger partial charge on any atom is -0.386 e. The molecule has 3 nitrogen and oxygen atoms in total. The molecule has 96 valence electrons. The lowest BCUT2D eigenvalue weighted by atomic mass is 10.1. The molecule has 0 aliphatic rings. The third kappa shape index (κ3) is 2.69. The van der Waals surface area contributed by atoms with E-state index in [1.165, 1.54) is 32.0 Å². The van der Waals surface area contributed by atoms with Crippen LogP contribution in [0.4, 0.5) is 4.39 Å². The molecule has 0 bridgehead atoms. The number of hydrogen-bond donors (Lipinski definition) is 1. The van der Waals surface area contributed by atoms with Gasteiger partial charge in [-0.2, -0.15) is 0 Å². The molecule has 1 aromatic carbocycles. The summed E-state index contributed by atoms with van der Waals surface area (Å²) in [6, 6.07) is 5.57. The Kier molecular flexibility index (Phi) is 4.33. The van der Waals surface area contributed by atoms with Crippen LogP contribution in [0.15, 0.2) is 24.3 Å². The van der Waals surface area contributed by atoms with Crippen LogP contribution in [0.1, 0.15) is 25.5 Å². The maximum atomic E-state index is 13.5. The maximum Gasteiger partial charge on any atom is 0.168 e. The van der Waals surface area contributed by atoms with E-state index in [0.717, 1.165) is 0 Å². The number of aliphatic hydroxyl groups is 1. The number of hydrogen-bond acceptors (Lipinski definition) is 3. The van der Waals surface area contributed by atoms with Crippen LogP contribution in [0.5, 0.6) is 0 Å². The summed E-state index contributed by atoms with van der Waals surface area (Å²) in [5.74, 6) is -0.766. The van der Waals surface area contributed by atoms with Crippen LogP contribution in [0, 0.1) is 5.82 Å². The van der Waals surface area contributed by atoms with Gasteiger partial charge < -0.3 is 5.11 Å². The number of alkyl halides is 1. The average Bonchev–Trinajstić information content (AvgIpc) is 2.28. The summed E-state index contributed by atoms with van der Waals surface area (Å²) in [6.45, 7) is 2.80. The molecule has 1 rings (SSSR count). The van der Waals surface area contributed by atoms with E-state index in [2.05, 4.69) is 15.9 Å². The molecule has 0 saturated heterocycles. The summed E-state index contributed by atoms with van der Waals surface area (Å²) in [5, 5.41) is 10.0. The molecule has 0 radical (unpaired) electrons. The predicted octanol–water partition coefficient (Wildman–Crippen LogP) is 2.40. The Morgan fingerprint density at radius 1 is 1.47 bits per heavy atom. The fraction of sp³-hybridized carbons (Fsp3) is 0.455. The first-order valence-corrected chi connectivity index (χ1v) is 7.52. The van der Waals surface area contributed by atoms with Crippen LogP contribution in [-0.4, -0.2) is 22.9 Å². The van der Waals surface area contributed by atoms with Crippen molar-refractivity contribution in [3.8, 4) is 0 Å². The van der Waals surface area contributed by atoms with Gasteiger partial charge in [0, 0.05) is 11.3 Å². The number of sulfone groups is 1. The van der Waals surface area contributed by atoms with Crippen LogP contribution in [0.25, 0.3) is 0 Å². The summed E-state index contributed by atoms with van der Waals surface area (Å²) in [5.41, 5.74) is -0.0381. The maximum absolute atomic E-state index is 13.5. The van der Waals surface area contributed by atoms with E-state index in [-0.39, 0.29) is 11.3 Å². The Morgan fingerprint density at radius 3 is 2.47 bits per heavy atom. The zero-order valence-electron chi connectivity index (χ0n) is 9.52. The van der Waals surface area contributed by atoms with Crippen LogP contribution in [0.3, 0.4) is 0 Å². The molecule has 0 aliphatic carbocycles. The molecular formula is C11H14BrFO3S. The van der Waals surface area contributed by atoms with Gasteiger partial charge in [0.1, 0.15) is 11.9 Å². The first-order valence-electron chi connectivity index (χ1n) is 5.07. The Balaban J connectivity index is 3.23. The smallest absolute Gasteiger partial charge is 0.168 e. The first kappa shape index (κ1) is 14.6. The highest BCUT2D eigenvalue weighted by Gasteiger charge is 2.43. The lowest BCUT2D eigenvalue weighted by Gasteiger charge is -2.28. The molecule has 1 N–H and O–H groups in total. The standard InChI is InChI=1S/C11H14BrFO3S/c1-3-17(15,16)11(2,12)10(14)8-6-4-5-7-9(8)13/h4-7,10,14H,3H2,1-2H3/t10-,11+/m1/s1. The van der Waals surface area contributed by atoms with Crippen molar-refractivity contribution in [2.24, 2.45) is 0 Å². The Labute approximate surface area is 109 Å². The van der Waals surface area contributed by atoms with Gasteiger partial charge in [-0.3, -0.25) is 0 Å². The molecular weight excluding hydrogens is 311 g/mol. The molecule has 0 spiro atoms. The van der Waals surface area contributed by atoms with Crippen LogP contribution in [-0.2, 0) is 9.84 Å². The summed E-state index contributed by atoms with van der Waals surface area (Å²) in [4.78, 5) is 0. The summed E-state index contributed by atoms with van der Waals surface area (Å²) < 4.78 is 35.5. The molecule has 17 heavy (non-hydrogen) atoms. The van der Waals surface area contributed by atoms with Gasteiger partial charge in [-0.05, 0) is 13.0 Å². The second kappa shape index (κ2) is 5.04. The highest BCUT2D eigenvalue weighted by atomic mass is 79.9. The Hall–Kier alpha value is -0.460. The van der Waals surface area contributed by atoms with E-state index in [9.17, 15) is 17.9 Å². The predicted molar refractivity (Wildman–Crippen MR) is 68.2 cm³/mol. The normalized spacial score (nSPS) is 17.5. The molecule has 0 fully saturated rings. The lowest BCUT2D eigenvalue weighted by molar-refractivity contribution is 0.163. The van der Waals surface area contributed by atoms with E-state index in [0.29, 0.717) is 0 Å². The molecule has 0 saturated carbocycles. The third-order valence-corrected chi connectivity index (χ3v) is 6.79. The summed E-state index contributed by atoms with van der Waals surface area (Å²) >= 11 is 3.00. The molecule has 1 aromatic rings. The van der Waals surface area contributed by atoms with Gasteiger partial charge in [0.15, 0.2) is 13.5 Å². The molecule has 2 atom stereocenters. The van der Waals surface area contributed by atoms with Gasteiger partial charge in [-0.1, -0.05) is 41.1 Å². The minimum absolute atomic E-state index is 0.0381. The van der Waals surface area contributed by atoms with E-state index < -0.39 is 25.4 Å². The average molecular weight is 325 g/mol. The lowest BCUT2D eigenvalue weighted by Crippen LogP contribution is -2.37. The highest BCUT2D eigenvalue weighted by Crippen LogP contribution is 2.39. The van der Waals surface area contributed by atoms with Crippen molar-refractivity contribution >= 4 is 25.8 Å². The number of aliphatic hydroxyl groups excluding tert-OH is 1. The highest BCUT2D eigenvalue weighted by molar-refractivity contribution is 9.11. The SMILES string of the molecule is CCS(=O)(=O)[C@](C)(Br)[C@H](O)c1ccccc1F. The van der Waals surface area contributed by atoms with Gasteiger partial charge in [0.25, 0.3) is 0 Å². The number of rotatable bonds is 4. The van der Waals surface area contributed by atoms with Gasteiger partial charge >= 0.3 is 0 Å². The topological polar surface area (TPSA) is 54.4 Å². The van der Waals surface area contributed by atoms with Gasteiger partial charge in [-0.25, -0.2) is 12.8 Å². The quantitative estimate of drug-likeness (QED) is 0.865. The van der Waals surface area contributed by atoms with E-state index in [4.69, 9.17) is 0 Å². The van der Waals surface area contributed by atoms with Crippen molar-refractivity contribution in [2.45, 2.75) is 23.6 Å². The number of halogens is 2. The third-order valence-electron chi connectivity index (χ3n) is 2.68. The van der Waals surface area contributed by atoms with E-state index in [1.54, 1.807) is 6.07 Å². The van der Waals surface area contributed by atoms with Crippen molar-refractivity contribution in [2.75, 3.05) is 5.75 Å². The number of benzene rings is 1. The zero-order valence-corrected chi connectivity index (χ0v) is 11.9. The fourth-order valence-electron chi connectivity index (χ4n) is 1.43. The van der Waals surface area contributed by atoms with Gasteiger partial charge in [0.2, 0.25) is 0 Å². The fourth-order valence-corrected chi connectivity index (χ4v) is 3.39. The minimum atomic E-state index is -3.56. The Bertz CT molecular complexity index is 499. The van der Waals surface area contributed by atoms with Crippen LogP contribution >= 0.6 is 15.9 Å². The van der Waals surface area contributed by atoms with Crippen molar-refractivity contribution in [3.05, 3.63) is 35.6 Å². The van der Waals surface area contributed by atoms with Gasteiger partial charge in [-0.15, -0.1) is 0 Å². The molecule has 0 heterocycles. The first-order chi connectivity index (χ1) is 7.74. The summed E-state index contributed by atoms with van der Waals surface area (Å²) in [6.07, 6.45) is -1.46.